The van der Waals surface area contributed by atoms with E-state index in [-0.39, 0.29) is 25.7 Å². The first-order valence-electron chi connectivity index (χ1n) is 6.15. The Morgan fingerprint density at radius 2 is 2.16 bits per heavy atom. The maximum absolute atomic E-state index is 11.9. The molecule has 6 heteroatoms. The van der Waals surface area contributed by atoms with E-state index in [1.54, 1.807) is 6.07 Å². The summed E-state index contributed by atoms with van der Waals surface area (Å²) < 4.78 is 5.36. The molecule has 0 saturated heterocycles. The van der Waals surface area contributed by atoms with Crippen LogP contribution in [0.15, 0.2) is 18.2 Å². The third kappa shape index (κ3) is 2.70. The number of amides is 1. The smallest absolute Gasteiger partial charge is 0.265 e. The third-order valence-corrected chi connectivity index (χ3v) is 3.07. The monoisotopic (exact) mass is 266 g/mol. The summed E-state index contributed by atoms with van der Waals surface area (Å²) in [6.45, 7) is 0.00295. The van der Waals surface area contributed by atoms with Gasteiger partial charge < -0.3 is 20.3 Å². The Bertz CT molecular complexity index is 460. The Morgan fingerprint density at radius 3 is 2.79 bits per heavy atom. The molecule has 0 bridgehead atoms. The zero-order valence-corrected chi connectivity index (χ0v) is 10.8. The summed E-state index contributed by atoms with van der Waals surface area (Å²) in [5, 5.41) is 21.6. The molecule has 104 valence electrons. The number of aliphatic hydroxyl groups excluding tert-OH is 2. The van der Waals surface area contributed by atoms with Gasteiger partial charge in [-0.1, -0.05) is 6.07 Å². The molecule has 1 amide bonds. The lowest BCUT2D eigenvalue weighted by molar-refractivity contribution is -0.122. The number of carbonyl (C=O) groups excluding carboxylic acids is 1. The van der Waals surface area contributed by atoms with Crippen molar-refractivity contribution in [2.45, 2.75) is 12.6 Å². The van der Waals surface area contributed by atoms with Crippen molar-refractivity contribution in [2.24, 2.45) is 0 Å². The molecule has 0 unspecified atom stereocenters. The fourth-order valence-corrected chi connectivity index (χ4v) is 2.15. The maximum atomic E-state index is 11.9. The van der Waals surface area contributed by atoms with Crippen LogP contribution in [-0.2, 0) is 11.3 Å². The molecule has 1 aromatic rings. The third-order valence-electron chi connectivity index (χ3n) is 3.07. The molecule has 0 aliphatic carbocycles. The second kappa shape index (κ2) is 6.01. The number of ether oxygens (including phenoxy) is 1. The first-order valence-corrected chi connectivity index (χ1v) is 6.15. The predicted molar refractivity (Wildman–Crippen MR) is 70.1 cm³/mol. The summed E-state index contributed by atoms with van der Waals surface area (Å²) in [7, 11) is 1.84. The Kier molecular flexibility index (Phi) is 4.36. The van der Waals surface area contributed by atoms with E-state index in [0.29, 0.717) is 18.0 Å². The molecule has 3 N–H and O–H groups in total. The van der Waals surface area contributed by atoms with Crippen molar-refractivity contribution in [2.75, 3.05) is 31.8 Å². The van der Waals surface area contributed by atoms with Gasteiger partial charge in [-0.25, -0.2) is 0 Å². The highest BCUT2D eigenvalue weighted by atomic mass is 16.5. The number of nitrogens with one attached hydrogen (secondary N) is 1. The van der Waals surface area contributed by atoms with Crippen LogP contribution in [0.4, 0.5) is 5.69 Å². The minimum absolute atomic E-state index is 0.0745. The summed E-state index contributed by atoms with van der Waals surface area (Å²) in [6.07, 6.45) is 0. The molecule has 19 heavy (non-hydrogen) atoms. The minimum atomic E-state index is -0.639. The van der Waals surface area contributed by atoms with E-state index in [2.05, 4.69) is 5.32 Å². The van der Waals surface area contributed by atoms with Crippen LogP contribution >= 0.6 is 0 Å². The van der Waals surface area contributed by atoms with Crippen LogP contribution in [0.2, 0.25) is 0 Å². The van der Waals surface area contributed by atoms with E-state index < -0.39 is 6.04 Å². The van der Waals surface area contributed by atoms with E-state index in [9.17, 15) is 15.0 Å². The van der Waals surface area contributed by atoms with Crippen molar-refractivity contribution in [1.82, 2.24) is 5.32 Å². The van der Waals surface area contributed by atoms with Crippen LogP contribution in [-0.4, -0.2) is 49.0 Å². The Balaban J connectivity index is 2.40. The predicted octanol–water partition coefficient (Wildman–Crippen LogP) is -0.515. The molecule has 6 nitrogen and oxygen atoms in total. The number of benzene rings is 1. The van der Waals surface area contributed by atoms with E-state index in [1.165, 1.54) is 4.90 Å². The summed E-state index contributed by atoms with van der Waals surface area (Å²) >= 11 is 0. The summed E-state index contributed by atoms with van der Waals surface area (Å²) in [6, 6.07) is 4.91. The van der Waals surface area contributed by atoms with Gasteiger partial charge in [0.15, 0.2) is 6.61 Å². The van der Waals surface area contributed by atoms with Crippen LogP contribution in [0.3, 0.4) is 0 Å². The van der Waals surface area contributed by atoms with Crippen molar-refractivity contribution in [1.29, 1.82) is 0 Å². The van der Waals surface area contributed by atoms with Crippen LogP contribution in [0.25, 0.3) is 0 Å². The fourth-order valence-electron chi connectivity index (χ4n) is 2.15. The topological polar surface area (TPSA) is 82.0 Å². The lowest BCUT2D eigenvalue weighted by Gasteiger charge is -2.34. The molecular formula is C13H18N2O4. The van der Waals surface area contributed by atoms with Gasteiger partial charge in [0, 0.05) is 6.54 Å². The maximum Gasteiger partial charge on any atom is 0.265 e. The van der Waals surface area contributed by atoms with E-state index in [1.807, 2.05) is 19.2 Å². The number of hydrogen-bond donors (Lipinski definition) is 3. The number of rotatable bonds is 5. The molecule has 0 aromatic heterocycles. The molecule has 0 atom stereocenters. The van der Waals surface area contributed by atoms with Crippen molar-refractivity contribution < 1.29 is 19.7 Å². The second-order valence-corrected chi connectivity index (χ2v) is 4.40. The number of aliphatic hydroxyl groups is 2. The lowest BCUT2D eigenvalue weighted by atomic mass is 10.1. The summed E-state index contributed by atoms with van der Waals surface area (Å²) in [4.78, 5) is 13.4. The quantitative estimate of drug-likeness (QED) is 0.668. The number of carbonyl (C=O) groups is 1. The molecule has 0 fully saturated rings. The molecular weight excluding hydrogens is 248 g/mol. The van der Waals surface area contributed by atoms with Gasteiger partial charge in [0.1, 0.15) is 5.75 Å². The zero-order chi connectivity index (χ0) is 13.8. The molecule has 1 aliphatic rings. The van der Waals surface area contributed by atoms with Gasteiger partial charge in [0.2, 0.25) is 0 Å². The molecule has 0 saturated carbocycles. The molecule has 2 rings (SSSR count). The van der Waals surface area contributed by atoms with Crippen molar-refractivity contribution in [3.8, 4) is 5.75 Å². The first-order chi connectivity index (χ1) is 9.21. The highest BCUT2D eigenvalue weighted by molar-refractivity contribution is 5.98. The average Bonchev–Trinajstić information content (AvgIpc) is 2.43. The Labute approximate surface area is 111 Å². The van der Waals surface area contributed by atoms with Crippen LogP contribution < -0.4 is 15.0 Å². The van der Waals surface area contributed by atoms with Crippen molar-refractivity contribution in [3.05, 3.63) is 23.8 Å². The number of hydrogen-bond acceptors (Lipinski definition) is 5. The normalized spacial score (nSPS) is 14.5. The van der Waals surface area contributed by atoms with Gasteiger partial charge >= 0.3 is 0 Å². The molecule has 1 heterocycles. The van der Waals surface area contributed by atoms with Crippen LogP contribution in [0.1, 0.15) is 5.56 Å². The number of nitrogens with zero attached hydrogens (tertiary/aromatic N) is 1. The second-order valence-electron chi connectivity index (χ2n) is 4.40. The van der Waals surface area contributed by atoms with Gasteiger partial charge in [0.05, 0.1) is 24.9 Å². The highest BCUT2D eigenvalue weighted by Crippen LogP contribution is 2.34. The van der Waals surface area contributed by atoms with Gasteiger partial charge in [-0.15, -0.1) is 0 Å². The van der Waals surface area contributed by atoms with Gasteiger partial charge in [-0.2, -0.15) is 0 Å². The number of anilines is 1. The van der Waals surface area contributed by atoms with Gasteiger partial charge in [0.25, 0.3) is 5.91 Å². The minimum Gasteiger partial charge on any atom is -0.482 e. The fraction of sp³-hybridized carbons (Fsp3) is 0.462. The summed E-state index contributed by atoms with van der Waals surface area (Å²) in [5.74, 6) is 0.327. The molecule has 1 aliphatic heterocycles. The molecule has 0 spiro atoms. The molecule has 0 radical (unpaired) electrons. The first kappa shape index (κ1) is 13.8. The van der Waals surface area contributed by atoms with Gasteiger partial charge in [-0.3, -0.25) is 9.69 Å². The Hall–Kier alpha value is -1.63. The Morgan fingerprint density at radius 1 is 1.42 bits per heavy atom. The average molecular weight is 266 g/mol. The van der Waals surface area contributed by atoms with Crippen LogP contribution in [0, 0.1) is 0 Å². The van der Waals surface area contributed by atoms with E-state index in [0.717, 1.165) is 5.56 Å². The van der Waals surface area contributed by atoms with Gasteiger partial charge in [-0.05, 0) is 24.7 Å². The van der Waals surface area contributed by atoms with Crippen LogP contribution in [0.5, 0.6) is 5.75 Å². The lowest BCUT2D eigenvalue weighted by Crippen LogP contribution is -2.49. The van der Waals surface area contributed by atoms with Crippen molar-refractivity contribution >= 4 is 11.6 Å². The summed E-state index contributed by atoms with van der Waals surface area (Å²) in [5.41, 5.74) is 1.59. The molecule has 1 aromatic carbocycles. The van der Waals surface area contributed by atoms with Crippen molar-refractivity contribution in [3.63, 3.8) is 0 Å². The largest absolute Gasteiger partial charge is 0.482 e. The standard InChI is InChI=1S/C13H18N2O4/c1-14-5-9-2-3-12-11(4-9)15(10(6-16)7-17)13(18)8-19-12/h2-4,10,14,16-17H,5-8H2,1H3. The zero-order valence-electron chi connectivity index (χ0n) is 10.8. The number of fused-ring (bicyclic) bond motifs is 1. The van der Waals surface area contributed by atoms with E-state index >= 15 is 0 Å². The van der Waals surface area contributed by atoms with E-state index in [4.69, 9.17) is 4.74 Å². The SMILES string of the molecule is CNCc1ccc2c(c1)N(C(CO)CO)C(=O)CO2. The highest BCUT2D eigenvalue weighted by Gasteiger charge is 2.31.